The maximum atomic E-state index is 12.9. The van der Waals surface area contributed by atoms with Crippen molar-refractivity contribution in [2.75, 3.05) is 12.4 Å². The summed E-state index contributed by atoms with van der Waals surface area (Å²) in [6.07, 6.45) is -0.100. The Morgan fingerprint density at radius 2 is 2.00 bits per heavy atom. The number of nitrogens with one attached hydrogen (secondary N) is 1. The quantitative estimate of drug-likeness (QED) is 0.655. The molecule has 3 N–H and O–H groups in total. The van der Waals surface area contributed by atoms with Gasteiger partial charge in [0.1, 0.15) is 6.04 Å². The van der Waals surface area contributed by atoms with Crippen LogP contribution in [0.3, 0.4) is 0 Å². The van der Waals surface area contributed by atoms with Gasteiger partial charge >= 0.3 is 5.97 Å². The Hall–Kier alpha value is -1.67. The van der Waals surface area contributed by atoms with Crippen LogP contribution in [0, 0.1) is 11.6 Å². The molecule has 0 aromatic heterocycles. The molecule has 0 aliphatic carbocycles. The van der Waals surface area contributed by atoms with Crippen molar-refractivity contribution in [2.24, 2.45) is 0 Å². The second-order valence-corrected chi connectivity index (χ2v) is 4.88. The molecule has 1 rings (SSSR count). The Morgan fingerprint density at radius 3 is 2.55 bits per heavy atom. The highest BCUT2D eigenvalue weighted by atomic mass is 32.2. The van der Waals surface area contributed by atoms with E-state index in [0.717, 1.165) is 23.9 Å². The standard InChI is InChI=1S/C12H13F2NO4S/c13-8-2-1-7(5-9(8)14)20-6-11(17)15-10(3-4-16)12(18)19/h1-2,5,10,16H,3-4,6H2,(H,15,17)(H,18,19). The molecule has 0 fully saturated rings. The predicted molar refractivity (Wildman–Crippen MR) is 68.4 cm³/mol. The van der Waals surface area contributed by atoms with E-state index in [2.05, 4.69) is 5.32 Å². The zero-order chi connectivity index (χ0) is 15.1. The third kappa shape index (κ3) is 5.14. The number of aliphatic hydroxyl groups excluding tert-OH is 1. The number of amides is 1. The highest BCUT2D eigenvalue weighted by Crippen LogP contribution is 2.20. The smallest absolute Gasteiger partial charge is 0.326 e. The Kier molecular flexibility index (Phi) is 6.40. The third-order valence-electron chi connectivity index (χ3n) is 2.31. The number of rotatable bonds is 7. The molecule has 1 unspecified atom stereocenters. The first kappa shape index (κ1) is 16.4. The normalized spacial score (nSPS) is 11.9. The lowest BCUT2D eigenvalue weighted by Gasteiger charge is -2.12. The minimum atomic E-state index is -1.25. The summed E-state index contributed by atoms with van der Waals surface area (Å²) in [5.74, 6) is -3.95. The SMILES string of the molecule is O=C(CSc1ccc(F)c(F)c1)NC(CCO)C(=O)O. The fourth-order valence-electron chi connectivity index (χ4n) is 1.34. The second-order valence-electron chi connectivity index (χ2n) is 3.84. The molecule has 0 aliphatic rings. The maximum Gasteiger partial charge on any atom is 0.326 e. The van der Waals surface area contributed by atoms with Crippen molar-refractivity contribution in [3.63, 3.8) is 0 Å². The van der Waals surface area contributed by atoms with Crippen molar-refractivity contribution in [1.82, 2.24) is 5.32 Å². The van der Waals surface area contributed by atoms with E-state index in [1.807, 2.05) is 0 Å². The molecule has 5 nitrogen and oxygen atoms in total. The van der Waals surface area contributed by atoms with Crippen molar-refractivity contribution in [3.8, 4) is 0 Å². The molecule has 0 heterocycles. The van der Waals surface area contributed by atoms with E-state index >= 15 is 0 Å². The summed E-state index contributed by atoms with van der Waals surface area (Å²) in [6.45, 7) is -0.367. The fourth-order valence-corrected chi connectivity index (χ4v) is 2.07. The summed E-state index contributed by atoms with van der Waals surface area (Å²) in [7, 11) is 0. The van der Waals surface area contributed by atoms with Gasteiger partial charge in [-0.1, -0.05) is 0 Å². The number of carbonyl (C=O) groups excluding carboxylic acids is 1. The molecule has 8 heteroatoms. The number of thioether (sulfide) groups is 1. The van der Waals surface area contributed by atoms with Gasteiger partial charge in [-0.05, 0) is 18.2 Å². The van der Waals surface area contributed by atoms with Crippen LogP contribution in [-0.4, -0.2) is 40.5 Å². The minimum absolute atomic E-state index is 0.100. The summed E-state index contributed by atoms with van der Waals surface area (Å²) >= 11 is 0.949. The van der Waals surface area contributed by atoms with Crippen LogP contribution in [0.15, 0.2) is 23.1 Å². The average molecular weight is 305 g/mol. The Bertz CT molecular complexity index is 498. The van der Waals surface area contributed by atoms with Crippen molar-refractivity contribution < 1.29 is 28.6 Å². The van der Waals surface area contributed by atoms with Gasteiger partial charge in [-0.2, -0.15) is 0 Å². The van der Waals surface area contributed by atoms with E-state index in [4.69, 9.17) is 10.2 Å². The first-order valence-corrected chi connectivity index (χ1v) is 6.63. The van der Waals surface area contributed by atoms with Gasteiger partial charge < -0.3 is 15.5 Å². The van der Waals surface area contributed by atoms with Crippen LogP contribution >= 0.6 is 11.8 Å². The number of aliphatic carboxylic acids is 1. The summed E-state index contributed by atoms with van der Waals surface area (Å²) < 4.78 is 25.6. The molecular formula is C12H13F2NO4S. The lowest BCUT2D eigenvalue weighted by atomic mass is 10.2. The predicted octanol–water partition coefficient (Wildman–Crippen LogP) is 1.01. The number of aliphatic hydroxyl groups is 1. The number of carbonyl (C=O) groups is 2. The molecular weight excluding hydrogens is 292 g/mol. The lowest BCUT2D eigenvalue weighted by molar-refractivity contribution is -0.141. The number of hydrogen-bond donors (Lipinski definition) is 3. The molecule has 1 amide bonds. The maximum absolute atomic E-state index is 12.9. The van der Waals surface area contributed by atoms with Gasteiger partial charge in [0.05, 0.1) is 5.75 Å². The Labute approximate surface area is 118 Å². The monoisotopic (exact) mass is 305 g/mol. The van der Waals surface area contributed by atoms with Crippen LogP contribution in [-0.2, 0) is 9.59 Å². The van der Waals surface area contributed by atoms with E-state index in [0.29, 0.717) is 4.90 Å². The van der Waals surface area contributed by atoms with Crippen LogP contribution in [0.25, 0.3) is 0 Å². The second kappa shape index (κ2) is 7.81. The largest absolute Gasteiger partial charge is 0.480 e. The zero-order valence-corrected chi connectivity index (χ0v) is 11.1. The Balaban J connectivity index is 2.50. The van der Waals surface area contributed by atoms with E-state index < -0.39 is 29.6 Å². The van der Waals surface area contributed by atoms with E-state index in [1.54, 1.807) is 0 Å². The van der Waals surface area contributed by atoms with E-state index in [1.165, 1.54) is 6.07 Å². The van der Waals surface area contributed by atoms with Crippen molar-refractivity contribution in [2.45, 2.75) is 17.4 Å². The highest BCUT2D eigenvalue weighted by Gasteiger charge is 2.19. The molecule has 0 spiro atoms. The van der Waals surface area contributed by atoms with Crippen LogP contribution in [0.2, 0.25) is 0 Å². The van der Waals surface area contributed by atoms with Gasteiger partial charge in [0.25, 0.3) is 0 Å². The molecule has 0 aliphatic heterocycles. The molecule has 0 radical (unpaired) electrons. The topological polar surface area (TPSA) is 86.6 Å². The van der Waals surface area contributed by atoms with E-state index in [9.17, 15) is 18.4 Å². The van der Waals surface area contributed by atoms with Crippen molar-refractivity contribution >= 4 is 23.6 Å². The molecule has 0 bridgehead atoms. The first-order chi connectivity index (χ1) is 9.43. The molecule has 1 aromatic rings. The first-order valence-electron chi connectivity index (χ1n) is 5.65. The number of benzene rings is 1. The van der Waals surface area contributed by atoms with Crippen LogP contribution in [0.1, 0.15) is 6.42 Å². The van der Waals surface area contributed by atoms with Crippen LogP contribution in [0.4, 0.5) is 8.78 Å². The van der Waals surface area contributed by atoms with Crippen LogP contribution < -0.4 is 5.32 Å². The third-order valence-corrected chi connectivity index (χ3v) is 3.31. The van der Waals surface area contributed by atoms with Gasteiger partial charge in [0.15, 0.2) is 11.6 Å². The molecule has 20 heavy (non-hydrogen) atoms. The van der Waals surface area contributed by atoms with Gasteiger partial charge in [-0.15, -0.1) is 11.8 Å². The number of carboxylic acid groups (broad SMARTS) is 1. The Morgan fingerprint density at radius 1 is 1.30 bits per heavy atom. The minimum Gasteiger partial charge on any atom is -0.480 e. The van der Waals surface area contributed by atoms with Gasteiger partial charge in [-0.3, -0.25) is 4.79 Å². The van der Waals surface area contributed by atoms with Crippen LogP contribution in [0.5, 0.6) is 0 Å². The summed E-state index contributed by atoms with van der Waals surface area (Å²) in [5, 5.41) is 19.7. The van der Waals surface area contributed by atoms with Gasteiger partial charge in [0.2, 0.25) is 5.91 Å². The van der Waals surface area contributed by atoms with Crippen molar-refractivity contribution in [1.29, 1.82) is 0 Å². The summed E-state index contributed by atoms with van der Waals surface area (Å²) in [6, 6.07) is 2.05. The lowest BCUT2D eigenvalue weighted by Crippen LogP contribution is -2.42. The highest BCUT2D eigenvalue weighted by molar-refractivity contribution is 8.00. The molecule has 1 atom stereocenters. The van der Waals surface area contributed by atoms with Gasteiger partial charge in [0, 0.05) is 17.9 Å². The molecule has 110 valence electrons. The molecule has 1 aromatic carbocycles. The van der Waals surface area contributed by atoms with Gasteiger partial charge in [-0.25, -0.2) is 13.6 Å². The average Bonchev–Trinajstić information content (AvgIpc) is 2.39. The summed E-state index contributed by atoms with van der Waals surface area (Å²) in [5.41, 5.74) is 0. The fraction of sp³-hybridized carbons (Fsp3) is 0.333. The summed E-state index contributed by atoms with van der Waals surface area (Å²) in [4.78, 5) is 22.6. The number of halogens is 2. The number of hydrogen-bond acceptors (Lipinski definition) is 4. The van der Waals surface area contributed by atoms with E-state index in [-0.39, 0.29) is 18.8 Å². The van der Waals surface area contributed by atoms with Crippen molar-refractivity contribution in [3.05, 3.63) is 29.8 Å². The number of carboxylic acids is 1. The molecule has 0 saturated carbocycles. The zero-order valence-electron chi connectivity index (χ0n) is 10.3. The molecule has 0 saturated heterocycles.